The van der Waals surface area contributed by atoms with E-state index < -0.39 is 23.8 Å². The Morgan fingerprint density at radius 3 is 2.58 bits per heavy atom. The van der Waals surface area contributed by atoms with Crippen molar-refractivity contribution >= 4 is 17.6 Å². The summed E-state index contributed by atoms with van der Waals surface area (Å²) >= 11 is 6.15. The lowest BCUT2D eigenvalue weighted by Crippen LogP contribution is -2.28. The van der Waals surface area contributed by atoms with Crippen molar-refractivity contribution in [3.05, 3.63) is 100 Å². The molecule has 2 N–H and O–H groups in total. The van der Waals surface area contributed by atoms with E-state index in [1.807, 2.05) is 6.07 Å². The quantitative estimate of drug-likeness (QED) is 0.418. The number of ether oxygens (including phenoxy) is 3. The number of nitrogens with zero attached hydrogens (tertiary/aromatic N) is 1. The van der Waals surface area contributed by atoms with Crippen LogP contribution in [0.3, 0.4) is 0 Å². The topological polar surface area (TPSA) is 94.6 Å². The highest BCUT2D eigenvalue weighted by Crippen LogP contribution is 2.43. The lowest BCUT2D eigenvalue weighted by atomic mass is 9.83. The van der Waals surface area contributed by atoms with E-state index in [0.717, 1.165) is 5.56 Å². The molecule has 33 heavy (non-hydrogen) atoms. The van der Waals surface area contributed by atoms with Crippen LogP contribution in [0, 0.1) is 17.1 Å². The third kappa shape index (κ3) is 4.76. The van der Waals surface area contributed by atoms with Crippen LogP contribution in [0.4, 0.5) is 4.39 Å². The van der Waals surface area contributed by atoms with Gasteiger partial charge in [0.1, 0.15) is 34.7 Å². The van der Waals surface area contributed by atoms with Gasteiger partial charge in [0, 0.05) is 16.7 Å². The summed E-state index contributed by atoms with van der Waals surface area (Å²) in [4.78, 5) is 12.5. The van der Waals surface area contributed by atoms with Crippen LogP contribution >= 0.6 is 11.6 Å². The number of nitrogens with two attached hydrogens (primary N) is 1. The first kappa shape index (κ1) is 22.2. The normalized spacial score (nSPS) is 15.6. The molecule has 0 fully saturated rings. The largest absolute Gasteiger partial charge is 0.479 e. The molecule has 6 nitrogen and oxygen atoms in total. The smallest absolute Gasteiger partial charge is 0.352 e. The molecule has 0 aliphatic carbocycles. The highest BCUT2D eigenvalue weighted by Gasteiger charge is 2.31. The average molecular weight is 465 g/mol. The van der Waals surface area contributed by atoms with E-state index >= 15 is 0 Å². The number of carbonyl (C=O) groups is 1. The van der Waals surface area contributed by atoms with Gasteiger partial charge >= 0.3 is 5.97 Å². The third-order valence-electron chi connectivity index (χ3n) is 5.05. The van der Waals surface area contributed by atoms with Crippen LogP contribution in [-0.4, -0.2) is 12.1 Å². The highest BCUT2D eigenvalue weighted by molar-refractivity contribution is 6.30. The second-order valence-electron chi connectivity index (χ2n) is 7.31. The zero-order valence-corrected chi connectivity index (χ0v) is 18.2. The molecular formula is C25H18ClFN2O4. The number of esters is 1. The van der Waals surface area contributed by atoms with Crippen molar-refractivity contribution < 1.29 is 23.4 Å². The number of halogens is 2. The molecule has 0 saturated carbocycles. The van der Waals surface area contributed by atoms with Gasteiger partial charge in [0.15, 0.2) is 6.10 Å². The van der Waals surface area contributed by atoms with Crippen LogP contribution in [0.1, 0.15) is 24.0 Å². The zero-order valence-electron chi connectivity index (χ0n) is 17.4. The molecular weight excluding hydrogens is 447 g/mol. The van der Waals surface area contributed by atoms with E-state index in [2.05, 4.69) is 6.07 Å². The van der Waals surface area contributed by atoms with Gasteiger partial charge in [-0.25, -0.2) is 9.18 Å². The highest BCUT2D eigenvalue weighted by atomic mass is 35.5. The Morgan fingerprint density at radius 1 is 1.15 bits per heavy atom. The molecule has 0 radical (unpaired) electrons. The third-order valence-corrected chi connectivity index (χ3v) is 5.28. The van der Waals surface area contributed by atoms with Gasteiger partial charge < -0.3 is 19.9 Å². The summed E-state index contributed by atoms with van der Waals surface area (Å²) in [5.41, 5.74) is 7.73. The van der Waals surface area contributed by atoms with Crippen LogP contribution in [0.5, 0.6) is 17.2 Å². The lowest BCUT2D eigenvalue weighted by Gasteiger charge is -2.27. The number of hydrogen-bond donors (Lipinski definition) is 1. The lowest BCUT2D eigenvalue weighted by molar-refractivity contribution is -0.141. The van der Waals surface area contributed by atoms with Crippen LogP contribution in [0.15, 0.2) is 78.2 Å². The fourth-order valence-electron chi connectivity index (χ4n) is 3.49. The Bertz CT molecular complexity index is 1280. The Morgan fingerprint density at radius 2 is 1.88 bits per heavy atom. The Kier molecular flexibility index (Phi) is 6.20. The van der Waals surface area contributed by atoms with Gasteiger partial charge in [-0.2, -0.15) is 5.26 Å². The first-order valence-corrected chi connectivity index (χ1v) is 10.3. The molecule has 0 saturated heterocycles. The summed E-state index contributed by atoms with van der Waals surface area (Å²) in [5, 5.41) is 10.2. The first-order chi connectivity index (χ1) is 15.9. The van der Waals surface area contributed by atoms with E-state index in [4.69, 9.17) is 31.5 Å². The van der Waals surface area contributed by atoms with Gasteiger partial charge in [-0.3, -0.25) is 0 Å². The Balaban J connectivity index is 1.57. The standard InChI is InChI=1S/C25H18ClFN2O4/c1-14(31-18-7-5-17(27)6-8-18)25(30)32-19-9-10-20-22(12-19)33-24(29)21(13-28)23(20)15-3-2-4-16(26)11-15/h2-12,14,23H,29H2,1H3. The summed E-state index contributed by atoms with van der Waals surface area (Å²) in [6.07, 6.45) is -0.943. The van der Waals surface area contributed by atoms with Gasteiger partial charge in [-0.05, 0) is 55.0 Å². The van der Waals surface area contributed by atoms with Crippen LogP contribution < -0.4 is 19.9 Å². The van der Waals surface area contributed by atoms with Gasteiger partial charge in [0.25, 0.3) is 0 Å². The fourth-order valence-corrected chi connectivity index (χ4v) is 3.69. The Labute approximate surface area is 194 Å². The minimum absolute atomic E-state index is 0.0357. The molecule has 1 heterocycles. The van der Waals surface area contributed by atoms with Crippen molar-refractivity contribution in [3.8, 4) is 23.3 Å². The maximum atomic E-state index is 13.0. The fraction of sp³-hybridized carbons (Fsp3) is 0.120. The minimum atomic E-state index is -0.943. The van der Waals surface area contributed by atoms with Gasteiger partial charge in [-0.1, -0.05) is 29.8 Å². The summed E-state index contributed by atoms with van der Waals surface area (Å²) in [6.45, 7) is 1.52. The second kappa shape index (κ2) is 9.23. The van der Waals surface area contributed by atoms with Crippen molar-refractivity contribution in [3.63, 3.8) is 0 Å². The van der Waals surface area contributed by atoms with Crippen molar-refractivity contribution in [2.24, 2.45) is 5.73 Å². The predicted molar refractivity (Wildman–Crippen MR) is 119 cm³/mol. The van der Waals surface area contributed by atoms with Gasteiger partial charge in [0.05, 0.1) is 5.92 Å². The van der Waals surface area contributed by atoms with E-state index in [9.17, 15) is 14.4 Å². The molecule has 1 aliphatic rings. The molecule has 2 unspecified atom stereocenters. The number of nitriles is 1. The number of rotatable bonds is 5. The summed E-state index contributed by atoms with van der Waals surface area (Å²) in [5.74, 6) is -0.672. The maximum Gasteiger partial charge on any atom is 0.352 e. The molecule has 4 rings (SSSR count). The Hall–Kier alpha value is -4.02. The van der Waals surface area contributed by atoms with E-state index in [1.54, 1.807) is 30.3 Å². The predicted octanol–water partition coefficient (Wildman–Crippen LogP) is 5.07. The second-order valence-corrected chi connectivity index (χ2v) is 7.75. The number of hydrogen-bond acceptors (Lipinski definition) is 6. The monoisotopic (exact) mass is 464 g/mol. The molecule has 166 valence electrons. The molecule has 0 spiro atoms. The average Bonchev–Trinajstić information content (AvgIpc) is 2.79. The van der Waals surface area contributed by atoms with Crippen LogP contribution in [-0.2, 0) is 4.79 Å². The number of carbonyl (C=O) groups excluding carboxylic acids is 1. The molecule has 8 heteroatoms. The number of benzene rings is 3. The molecule has 0 aromatic heterocycles. The van der Waals surface area contributed by atoms with Crippen molar-refractivity contribution in [2.75, 3.05) is 0 Å². The van der Waals surface area contributed by atoms with E-state index in [-0.39, 0.29) is 17.2 Å². The molecule has 0 amide bonds. The van der Waals surface area contributed by atoms with Gasteiger partial charge in [-0.15, -0.1) is 0 Å². The molecule has 1 aliphatic heterocycles. The van der Waals surface area contributed by atoms with E-state index in [1.165, 1.54) is 37.3 Å². The summed E-state index contributed by atoms with van der Waals surface area (Å²) < 4.78 is 29.6. The summed E-state index contributed by atoms with van der Waals surface area (Å²) in [7, 11) is 0. The molecule has 0 bridgehead atoms. The minimum Gasteiger partial charge on any atom is -0.479 e. The number of allylic oxidation sites excluding steroid dienone is 1. The van der Waals surface area contributed by atoms with Crippen molar-refractivity contribution in [2.45, 2.75) is 18.9 Å². The first-order valence-electron chi connectivity index (χ1n) is 9.96. The molecule has 2 atom stereocenters. The molecule has 3 aromatic rings. The van der Waals surface area contributed by atoms with E-state index in [0.29, 0.717) is 22.1 Å². The van der Waals surface area contributed by atoms with Crippen LogP contribution in [0.2, 0.25) is 5.02 Å². The zero-order chi connectivity index (χ0) is 23.5. The summed E-state index contributed by atoms with van der Waals surface area (Å²) in [6, 6.07) is 19.4. The van der Waals surface area contributed by atoms with Gasteiger partial charge in [0.2, 0.25) is 5.88 Å². The molecule has 3 aromatic carbocycles. The van der Waals surface area contributed by atoms with Crippen molar-refractivity contribution in [1.82, 2.24) is 0 Å². The van der Waals surface area contributed by atoms with Crippen LogP contribution in [0.25, 0.3) is 0 Å². The number of fused-ring (bicyclic) bond motifs is 1. The maximum absolute atomic E-state index is 13.0. The van der Waals surface area contributed by atoms with Crippen molar-refractivity contribution in [1.29, 1.82) is 5.26 Å². The SMILES string of the molecule is CC(Oc1ccc(F)cc1)C(=O)Oc1ccc2c(c1)OC(N)=C(C#N)C2c1cccc(Cl)c1.